The summed E-state index contributed by atoms with van der Waals surface area (Å²) in [6, 6.07) is 21.4. The summed E-state index contributed by atoms with van der Waals surface area (Å²) in [5.74, 6) is 0.111. The Morgan fingerprint density at radius 1 is 1.00 bits per heavy atom. The first-order chi connectivity index (χ1) is 17.0. The van der Waals surface area contributed by atoms with Gasteiger partial charge in [-0.1, -0.05) is 54.1 Å². The first-order valence-electron chi connectivity index (χ1n) is 11.1. The average Bonchev–Trinajstić information content (AvgIpc) is 2.85. The summed E-state index contributed by atoms with van der Waals surface area (Å²) in [6.45, 7) is 1.89. The Balaban J connectivity index is 1.74. The minimum Gasteiger partial charge on any atom is -0.491 e. The monoisotopic (exact) mass is 475 g/mol. The molecule has 0 aliphatic heterocycles. The Morgan fingerprint density at radius 2 is 1.71 bits per heavy atom. The van der Waals surface area contributed by atoms with Crippen LogP contribution in [0.3, 0.4) is 0 Å². The van der Waals surface area contributed by atoms with Gasteiger partial charge >= 0.3 is 6.09 Å². The van der Waals surface area contributed by atoms with Crippen molar-refractivity contribution in [1.29, 1.82) is 0 Å². The molecule has 2 amide bonds. The lowest BCUT2D eigenvalue weighted by molar-refractivity contribution is -0.111. The SMILES string of the molecule is Cc1ccc(NC(=O)O[C@@H](C/C=C/C(=O)Nc2ccccc2N)c2ccccc2OCCO)cc1. The molecule has 8 heteroatoms. The second-order valence-corrected chi connectivity index (χ2v) is 7.71. The number of amides is 2. The lowest BCUT2D eigenvalue weighted by atomic mass is 10.0. The summed E-state index contributed by atoms with van der Waals surface area (Å²) in [5, 5.41) is 14.6. The molecule has 5 N–H and O–H groups in total. The number of aryl methyl sites for hydroxylation is 1. The van der Waals surface area contributed by atoms with Gasteiger partial charge in [0.1, 0.15) is 18.5 Å². The lowest BCUT2D eigenvalue weighted by Gasteiger charge is -2.20. The average molecular weight is 476 g/mol. The Bertz CT molecular complexity index is 1160. The van der Waals surface area contributed by atoms with Gasteiger partial charge < -0.3 is 25.6 Å². The van der Waals surface area contributed by atoms with Crippen LogP contribution < -0.4 is 21.1 Å². The zero-order valence-corrected chi connectivity index (χ0v) is 19.4. The smallest absolute Gasteiger partial charge is 0.412 e. The number of rotatable bonds is 10. The molecule has 35 heavy (non-hydrogen) atoms. The second kappa shape index (κ2) is 12.8. The predicted molar refractivity (Wildman–Crippen MR) is 136 cm³/mol. The predicted octanol–water partition coefficient (Wildman–Crippen LogP) is 4.82. The highest BCUT2D eigenvalue weighted by atomic mass is 16.6. The number of aliphatic hydroxyl groups is 1. The van der Waals surface area contributed by atoms with Gasteiger partial charge in [0.25, 0.3) is 0 Å². The summed E-state index contributed by atoms with van der Waals surface area (Å²) in [6.07, 6.45) is 1.78. The third kappa shape index (κ3) is 7.90. The van der Waals surface area contributed by atoms with Crippen LogP contribution in [-0.2, 0) is 9.53 Å². The molecular weight excluding hydrogens is 446 g/mol. The van der Waals surface area contributed by atoms with Gasteiger partial charge in [-0.2, -0.15) is 0 Å². The summed E-state index contributed by atoms with van der Waals surface area (Å²) in [7, 11) is 0. The molecule has 0 fully saturated rings. The molecule has 1 atom stereocenters. The highest BCUT2D eigenvalue weighted by Gasteiger charge is 2.20. The van der Waals surface area contributed by atoms with Crippen molar-refractivity contribution in [3.05, 3.63) is 96.1 Å². The van der Waals surface area contributed by atoms with Crippen molar-refractivity contribution >= 4 is 29.1 Å². The number of ether oxygens (including phenoxy) is 2. The Kier molecular flexibility index (Phi) is 9.27. The van der Waals surface area contributed by atoms with E-state index in [-0.39, 0.29) is 25.5 Å². The fourth-order valence-electron chi connectivity index (χ4n) is 3.27. The minimum absolute atomic E-state index is 0.0933. The highest BCUT2D eigenvalue weighted by molar-refractivity contribution is 6.01. The Hall–Kier alpha value is -4.30. The molecule has 0 bridgehead atoms. The maximum Gasteiger partial charge on any atom is 0.412 e. The van der Waals surface area contributed by atoms with Gasteiger partial charge in [0, 0.05) is 17.7 Å². The van der Waals surface area contributed by atoms with Gasteiger partial charge in [-0.05, 0) is 43.3 Å². The topological polar surface area (TPSA) is 123 Å². The van der Waals surface area contributed by atoms with E-state index in [2.05, 4.69) is 10.6 Å². The van der Waals surface area contributed by atoms with Gasteiger partial charge in [-0.15, -0.1) is 0 Å². The van der Waals surface area contributed by atoms with Crippen molar-refractivity contribution in [2.45, 2.75) is 19.4 Å². The highest BCUT2D eigenvalue weighted by Crippen LogP contribution is 2.31. The molecule has 0 unspecified atom stereocenters. The number of para-hydroxylation sites is 3. The first kappa shape index (κ1) is 25.3. The van der Waals surface area contributed by atoms with E-state index in [1.54, 1.807) is 66.7 Å². The van der Waals surface area contributed by atoms with Gasteiger partial charge in [-0.3, -0.25) is 10.1 Å². The van der Waals surface area contributed by atoms with E-state index in [9.17, 15) is 9.59 Å². The summed E-state index contributed by atoms with van der Waals surface area (Å²) >= 11 is 0. The molecule has 0 radical (unpaired) electrons. The maximum atomic E-state index is 12.7. The van der Waals surface area contributed by atoms with Crippen molar-refractivity contribution in [2.75, 3.05) is 29.6 Å². The molecule has 0 heterocycles. The third-order valence-electron chi connectivity index (χ3n) is 5.00. The number of hydrogen-bond donors (Lipinski definition) is 4. The molecule has 3 aromatic rings. The van der Waals surface area contributed by atoms with E-state index < -0.39 is 12.2 Å². The molecule has 8 nitrogen and oxygen atoms in total. The van der Waals surface area contributed by atoms with Crippen LogP contribution in [-0.4, -0.2) is 30.3 Å². The van der Waals surface area contributed by atoms with E-state index in [0.29, 0.717) is 28.4 Å². The number of aliphatic hydroxyl groups excluding tert-OH is 1. The van der Waals surface area contributed by atoms with Crippen LogP contribution >= 0.6 is 0 Å². The van der Waals surface area contributed by atoms with Crippen LogP contribution in [0.5, 0.6) is 5.75 Å². The number of nitrogens with one attached hydrogen (secondary N) is 2. The largest absolute Gasteiger partial charge is 0.491 e. The first-order valence-corrected chi connectivity index (χ1v) is 11.1. The molecule has 3 aromatic carbocycles. The van der Waals surface area contributed by atoms with Crippen molar-refractivity contribution in [2.24, 2.45) is 0 Å². The van der Waals surface area contributed by atoms with Crippen LogP contribution in [0.15, 0.2) is 84.9 Å². The van der Waals surface area contributed by atoms with E-state index in [1.807, 2.05) is 19.1 Å². The minimum atomic E-state index is -0.749. The van der Waals surface area contributed by atoms with Gasteiger partial charge in [-0.25, -0.2) is 4.79 Å². The van der Waals surface area contributed by atoms with Crippen molar-refractivity contribution in [3.63, 3.8) is 0 Å². The number of carbonyl (C=O) groups is 2. The normalized spacial score (nSPS) is 11.6. The Morgan fingerprint density at radius 3 is 2.46 bits per heavy atom. The van der Waals surface area contributed by atoms with Crippen LogP contribution in [0, 0.1) is 6.92 Å². The third-order valence-corrected chi connectivity index (χ3v) is 5.00. The zero-order chi connectivity index (χ0) is 25.0. The molecule has 0 aromatic heterocycles. The standard InChI is InChI=1S/C27H29N3O5/c1-19-13-15-20(16-14-19)29-27(33)35-25(21-7-2-5-10-24(21)34-18-17-31)11-6-12-26(32)30-23-9-4-3-8-22(23)28/h2-10,12-16,25,31H,11,17-18,28H2,1H3,(H,29,33)(H,30,32)/b12-6+/t25-/m0/s1. The molecule has 3 rings (SSSR count). The molecule has 0 aliphatic rings. The van der Waals surface area contributed by atoms with E-state index in [4.69, 9.17) is 20.3 Å². The molecular formula is C27H29N3O5. The fourth-order valence-corrected chi connectivity index (χ4v) is 3.27. The number of hydrogen-bond acceptors (Lipinski definition) is 6. The number of nitrogens with two attached hydrogens (primary N) is 1. The van der Waals surface area contributed by atoms with Crippen LogP contribution in [0.1, 0.15) is 23.7 Å². The second-order valence-electron chi connectivity index (χ2n) is 7.71. The van der Waals surface area contributed by atoms with E-state index in [0.717, 1.165) is 5.56 Å². The number of benzene rings is 3. The maximum absolute atomic E-state index is 12.7. The summed E-state index contributed by atoms with van der Waals surface area (Å²) in [5.41, 5.74) is 9.11. The summed E-state index contributed by atoms with van der Waals surface area (Å²) < 4.78 is 11.3. The Labute approximate surface area is 204 Å². The summed E-state index contributed by atoms with van der Waals surface area (Å²) in [4.78, 5) is 25.0. The fraction of sp³-hybridized carbons (Fsp3) is 0.185. The molecule has 0 spiro atoms. The molecule has 182 valence electrons. The van der Waals surface area contributed by atoms with Crippen molar-refractivity contribution in [3.8, 4) is 5.75 Å². The quantitative estimate of drug-likeness (QED) is 0.246. The van der Waals surface area contributed by atoms with Crippen LogP contribution in [0.2, 0.25) is 0 Å². The van der Waals surface area contributed by atoms with E-state index >= 15 is 0 Å². The van der Waals surface area contributed by atoms with Gasteiger partial charge in [0.05, 0.1) is 18.0 Å². The van der Waals surface area contributed by atoms with Crippen molar-refractivity contribution in [1.82, 2.24) is 0 Å². The molecule has 0 aliphatic carbocycles. The van der Waals surface area contributed by atoms with Crippen LogP contribution in [0.25, 0.3) is 0 Å². The van der Waals surface area contributed by atoms with E-state index in [1.165, 1.54) is 6.08 Å². The van der Waals surface area contributed by atoms with Crippen molar-refractivity contribution < 1.29 is 24.2 Å². The zero-order valence-electron chi connectivity index (χ0n) is 19.4. The number of carbonyl (C=O) groups excluding carboxylic acids is 2. The molecule has 0 saturated carbocycles. The van der Waals surface area contributed by atoms with Gasteiger partial charge in [0.2, 0.25) is 5.91 Å². The molecule has 0 saturated heterocycles. The number of anilines is 3. The van der Waals surface area contributed by atoms with Crippen LogP contribution in [0.4, 0.5) is 21.9 Å². The lowest BCUT2D eigenvalue weighted by Crippen LogP contribution is -2.18. The number of nitrogen functional groups attached to an aromatic ring is 1. The van der Waals surface area contributed by atoms with Gasteiger partial charge in [0.15, 0.2) is 0 Å².